The number of amides is 1. The summed E-state index contributed by atoms with van der Waals surface area (Å²) in [5.74, 6) is 0.642. The number of aromatic nitrogens is 2. The molecule has 0 saturated carbocycles. The summed E-state index contributed by atoms with van der Waals surface area (Å²) in [5, 5.41) is 7.17. The van der Waals surface area contributed by atoms with Gasteiger partial charge in [-0.1, -0.05) is 6.07 Å². The molecule has 2 N–H and O–H groups in total. The van der Waals surface area contributed by atoms with E-state index in [1.165, 1.54) is 24.2 Å². The minimum absolute atomic E-state index is 0. The summed E-state index contributed by atoms with van der Waals surface area (Å²) in [6.45, 7) is 2.92. The van der Waals surface area contributed by atoms with E-state index in [-0.39, 0.29) is 30.7 Å². The Morgan fingerprint density at radius 3 is 2.92 bits per heavy atom. The topological polar surface area (TPSA) is 66.9 Å². The van der Waals surface area contributed by atoms with Crippen LogP contribution < -0.4 is 10.6 Å². The number of pyridine rings is 1. The van der Waals surface area contributed by atoms with Crippen LogP contribution in [0.4, 0.5) is 0 Å². The summed E-state index contributed by atoms with van der Waals surface area (Å²) in [6.07, 6.45) is 6.89. The first-order valence-corrected chi connectivity index (χ1v) is 8.51. The Morgan fingerprint density at radius 1 is 1.33 bits per heavy atom. The number of nitrogens with one attached hydrogen (secondary N) is 2. The molecule has 1 amide bonds. The number of carbonyl (C=O) groups is 1. The van der Waals surface area contributed by atoms with Crippen LogP contribution in [0.1, 0.15) is 28.9 Å². The van der Waals surface area contributed by atoms with Crippen molar-refractivity contribution in [3.63, 3.8) is 0 Å². The average molecular weight is 389 g/mol. The first kappa shape index (κ1) is 20.8. The van der Waals surface area contributed by atoms with Crippen LogP contribution in [0.2, 0.25) is 0 Å². The largest absolute Gasteiger partial charge is 0.351 e. The summed E-state index contributed by atoms with van der Waals surface area (Å²) >= 11 is 1.38. The molecule has 1 atom stereocenters. The van der Waals surface area contributed by atoms with Gasteiger partial charge < -0.3 is 10.6 Å². The monoisotopic (exact) mass is 388 g/mol. The summed E-state index contributed by atoms with van der Waals surface area (Å²) < 4.78 is 0. The zero-order valence-electron chi connectivity index (χ0n) is 13.2. The van der Waals surface area contributed by atoms with Crippen molar-refractivity contribution in [2.24, 2.45) is 5.92 Å². The molecule has 0 spiro atoms. The Labute approximate surface area is 158 Å². The number of hydrogen-bond donors (Lipinski definition) is 2. The number of thiazole rings is 1. The minimum atomic E-state index is -0.0385. The molecule has 5 nitrogen and oxygen atoms in total. The van der Waals surface area contributed by atoms with Crippen molar-refractivity contribution < 1.29 is 4.79 Å². The van der Waals surface area contributed by atoms with Crippen LogP contribution in [0.3, 0.4) is 0 Å². The van der Waals surface area contributed by atoms with Crippen molar-refractivity contribution in [2.75, 3.05) is 19.6 Å². The molecule has 3 heterocycles. The van der Waals surface area contributed by atoms with Gasteiger partial charge in [0.2, 0.25) is 0 Å². The van der Waals surface area contributed by atoms with Gasteiger partial charge in [-0.25, -0.2) is 4.98 Å². The Balaban J connectivity index is 0.00000144. The molecule has 1 fully saturated rings. The second-order valence-corrected chi connectivity index (χ2v) is 6.53. The zero-order chi connectivity index (χ0) is 15.2. The fraction of sp³-hybridized carbons (Fsp3) is 0.438. The maximum absolute atomic E-state index is 12.2. The molecule has 24 heavy (non-hydrogen) atoms. The first-order chi connectivity index (χ1) is 10.8. The normalized spacial score (nSPS) is 16.6. The second-order valence-electron chi connectivity index (χ2n) is 5.50. The van der Waals surface area contributed by atoms with E-state index in [1.54, 1.807) is 12.4 Å². The summed E-state index contributed by atoms with van der Waals surface area (Å²) in [4.78, 5) is 21.3. The predicted molar refractivity (Wildman–Crippen MR) is 102 cm³/mol. The van der Waals surface area contributed by atoms with Crippen molar-refractivity contribution in [3.05, 3.63) is 35.5 Å². The van der Waals surface area contributed by atoms with E-state index in [2.05, 4.69) is 20.6 Å². The lowest BCUT2D eigenvalue weighted by Gasteiger charge is -2.22. The van der Waals surface area contributed by atoms with Crippen LogP contribution in [0.5, 0.6) is 0 Å². The maximum Gasteiger partial charge on any atom is 0.263 e. The van der Waals surface area contributed by atoms with E-state index in [9.17, 15) is 4.79 Å². The maximum atomic E-state index is 12.2. The summed E-state index contributed by atoms with van der Waals surface area (Å²) in [7, 11) is 0. The van der Waals surface area contributed by atoms with E-state index in [0.717, 1.165) is 36.8 Å². The van der Waals surface area contributed by atoms with Gasteiger partial charge in [-0.2, -0.15) is 0 Å². The third-order valence-corrected chi connectivity index (χ3v) is 4.87. The van der Waals surface area contributed by atoms with Crippen LogP contribution in [-0.2, 0) is 0 Å². The SMILES string of the molecule is Cl.Cl.O=C(NCCC1CCCNC1)c1cnc(-c2ccccn2)s1. The average Bonchev–Trinajstić information content (AvgIpc) is 3.07. The molecule has 0 radical (unpaired) electrons. The number of hydrogen-bond acceptors (Lipinski definition) is 5. The van der Waals surface area contributed by atoms with Crippen molar-refractivity contribution in [1.29, 1.82) is 0 Å². The molecular formula is C16H22Cl2N4OS. The van der Waals surface area contributed by atoms with Crippen molar-refractivity contribution in [1.82, 2.24) is 20.6 Å². The number of carbonyl (C=O) groups excluding carboxylic acids is 1. The number of nitrogens with zero attached hydrogens (tertiary/aromatic N) is 2. The Kier molecular flexibility index (Phi) is 9.21. The first-order valence-electron chi connectivity index (χ1n) is 7.69. The standard InChI is InChI=1S/C16H20N4OS.2ClH/c21-15(19-9-6-12-4-3-7-17-10-12)14-11-20-16(22-14)13-5-1-2-8-18-13;;/h1-2,5,8,11-12,17H,3-4,6-7,9-10H2,(H,19,21);2*1H. The molecule has 1 aliphatic heterocycles. The van der Waals surface area contributed by atoms with Gasteiger partial charge in [0.1, 0.15) is 9.88 Å². The van der Waals surface area contributed by atoms with Gasteiger partial charge in [0.25, 0.3) is 5.91 Å². The molecule has 2 aromatic rings. The lowest BCUT2D eigenvalue weighted by molar-refractivity contribution is 0.0954. The van der Waals surface area contributed by atoms with Crippen molar-refractivity contribution in [2.45, 2.75) is 19.3 Å². The van der Waals surface area contributed by atoms with Crippen LogP contribution in [0.15, 0.2) is 30.6 Å². The fourth-order valence-corrected chi connectivity index (χ4v) is 3.44. The van der Waals surface area contributed by atoms with Gasteiger partial charge in [-0.05, 0) is 50.4 Å². The van der Waals surface area contributed by atoms with Gasteiger partial charge in [-0.15, -0.1) is 36.2 Å². The predicted octanol–water partition coefficient (Wildman–Crippen LogP) is 3.17. The van der Waals surface area contributed by atoms with Gasteiger partial charge >= 0.3 is 0 Å². The lowest BCUT2D eigenvalue weighted by atomic mass is 9.96. The van der Waals surface area contributed by atoms with E-state index in [1.807, 2.05) is 18.2 Å². The smallest absolute Gasteiger partial charge is 0.263 e. The number of rotatable bonds is 5. The highest BCUT2D eigenvalue weighted by Gasteiger charge is 2.15. The van der Waals surface area contributed by atoms with E-state index >= 15 is 0 Å². The molecule has 0 bridgehead atoms. The van der Waals surface area contributed by atoms with Crippen LogP contribution in [0, 0.1) is 5.92 Å². The van der Waals surface area contributed by atoms with E-state index < -0.39 is 0 Å². The molecule has 8 heteroatoms. The molecule has 0 aromatic carbocycles. The second kappa shape index (κ2) is 10.6. The third-order valence-electron chi connectivity index (χ3n) is 3.85. The Hall–Kier alpha value is -1.21. The Bertz CT molecular complexity index is 618. The van der Waals surface area contributed by atoms with Gasteiger partial charge in [0.05, 0.1) is 11.9 Å². The highest BCUT2D eigenvalue weighted by atomic mass is 35.5. The minimum Gasteiger partial charge on any atom is -0.351 e. The van der Waals surface area contributed by atoms with Gasteiger partial charge in [-0.3, -0.25) is 9.78 Å². The zero-order valence-corrected chi connectivity index (χ0v) is 15.7. The van der Waals surface area contributed by atoms with Gasteiger partial charge in [0, 0.05) is 12.7 Å². The van der Waals surface area contributed by atoms with Crippen molar-refractivity contribution >= 4 is 42.1 Å². The number of halogens is 2. The number of piperidine rings is 1. The lowest BCUT2D eigenvalue weighted by Crippen LogP contribution is -2.33. The van der Waals surface area contributed by atoms with E-state index in [0.29, 0.717) is 10.8 Å². The van der Waals surface area contributed by atoms with Gasteiger partial charge in [0.15, 0.2) is 0 Å². The quantitative estimate of drug-likeness (QED) is 0.825. The highest BCUT2D eigenvalue weighted by molar-refractivity contribution is 7.16. The van der Waals surface area contributed by atoms with E-state index in [4.69, 9.17) is 0 Å². The highest BCUT2D eigenvalue weighted by Crippen LogP contribution is 2.23. The fourth-order valence-electron chi connectivity index (χ4n) is 2.63. The molecule has 132 valence electrons. The molecule has 2 aromatic heterocycles. The summed E-state index contributed by atoms with van der Waals surface area (Å²) in [6, 6.07) is 5.68. The van der Waals surface area contributed by atoms with Crippen LogP contribution >= 0.6 is 36.2 Å². The van der Waals surface area contributed by atoms with Crippen LogP contribution in [-0.4, -0.2) is 35.5 Å². The third kappa shape index (κ3) is 5.70. The molecular weight excluding hydrogens is 367 g/mol. The molecule has 1 aliphatic rings. The Morgan fingerprint density at radius 2 is 2.21 bits per heavy atom. The summed E-state index contributed by atoms with van der Waals surface area (Å²) in [5.41, 5.74) is 0.805. The molecule has 0 aliphatic carbocycles. The van der Waals surface area contributed by atoms with Crippen LogP contribution in [0.25, 0.3) is 10.7 Å². The molecule has 1 saturated heterocycles. The molecule has 3 rings (SSSR count). The molecule has 1 unspecified atom stereocenters. The van der Waals surface area contributed by atoms with Crippen molar-refractivity contribution in [3.8, 4) is 10.7 Å².